The number of carboxylic acid groups (broad SMARTS) is 1. The van der Waals surface area contributed by atoms with Gasteiger partial charge in [0.1, 0.15) is 6.10 Å². The molecule has 6 nitrogen and oxygen atoms in total. The molecule has 7 heteroatoms. The first-order valence-corrected chi connectivity index (χ1v) is 7.51. The number of aliphatic carboxylic acids is 1. The lowest BCUT2D eigenvalue weighted by molar-refractivity contribution is -0.133. The van der Waals surface area contributed by atoms with Crippen LogP contribution in [0.4, 0.5) is 0 Å². The molecule has 0 radical (unpaired) electrons. The summed E-state index contributed by atoms with van der Waals surface area (Å²) in [6.45, 7) is 5.76. The molecule has 2 unspecified atom stereocenters. The molecular weight excluding hydrogens is 266 g/mol. The van der Waals surface area contributed by atoms with Crippen molar-refractivity contribution in [3.63, 3.8) is 0 Å². The predicted molar refractivity (Wildman–Crippen MR) is 71.1 cm³/mol. The first kappa shape index (κ1) is 14.3. The molecule has 19 heavy (non-hydrogen) atoms. The molecule has 1 saturated heterocycles. The third-order valence-electron chi connectivity index (χ3n) is 3.16. The second-order valence-corrected chi connectivity index (χ2v) is 5.67. The standard InChI is InChI=1S/C12H19N3O3S/c1-3-5-15-11(10-8(2)4-6-18-10)13-14-12(15)19-7-9(16)17/h8,10H,3-7H2,1-2H3,(H,16,17). The van der Waals surface area contributed by atoms with E-state index in [4.69, 9.17) is 9.84 Å². The Kier molecular flexibility index (Phi) is 4.81. The SMILES string of the molecule is CCCn1c(SCC(=O)O)nnc1C1OCCC1C. The van der Waals surface area contributed by atoms with Gasteiger partial charge < -0.3 is 14.4 Å². The second-order valence-electron chi connectivity index (χ2n) is 4.73. The van der Waals surface area contributed by atoms with Gasteiger partial charge >= 0.3 is 5.97 Å². The zero-order valence-corrected chi connectivity index (χ0v) is 12.0. The fourth-order valence-electron chi connectivity index (χ4n) is 2.20. The van der Waals surface area contributed by atoms with Gasteiger partial charge in [-0.1, -0.05) is 25.6 Å². The normalized spacial score (nSPS) is 22.8. The predicted octanol–water partition coefficient (Wildman–Crippen LogP) is 1.96. The van der Waals surface area contributed by atoms with E-state index in [9.17, 15) is 4.79 Å². The van der Waals surface area contributed by atoms with Crippen molar-refractivity contribution in [2.75, 3.05) is 12.4 Å². The van der Waals surface area contributed by atoms with Crippen molar-refractivity contribution in [1.82, 2.24) is 14.8 Å². The van der Waals surface area contributed by atoms with Crippen LogP contribution in [-0.2, 0) is 16.1 Å². The van der Waals surface area contributed by atoms with Gasteiger partial charge in [0, 0.05) is 13.2 Å². The van der Waals surface area contributed by atoms with Crippen molar-refractivity contribution >= 4 is 17.7 Å². The first-order chi connectivity index (χ1) is 9.13. The molecule has 1 aromatic rings. The molecule has 0 aromatic carbocycles. The van der Waals surface area contributed by atoms with Crippen molar-refractivity contribution in [3.8, 4) is 0 Å². The smallest absolute Gasteiger partial charge is 0.313 e. The Bertz CT molecular complexity index is 449. The van der Waals surface area contributed by atoms with Crippen LogP contribution in [0, 0.1) is 5.92 Å². The van der Waals surface area contributed by atoms with Gasteiger partial charge in [-0.25, -0.2) is 0 Å². The molecule has 0 bridgehead atoms. The van der Waals surface area contributed by atoms with E-state index in [2.05, 4.69) is 24.0 Å². The molecule has 2 atom stereocenters. The van der Waals surface area contributed by atoms with Gasteiger partial charge in [0.05, 0.1) is 5.75 Å². The third kappa shape index (κ3) is 3.27. The van der Waals surface area contributed by atoms with E-state index in [1.165, 1.54) is 11.8 Å². The van der Waals surface area contributed by atoms with E-state index in [1.807, 2.05) is 4.57 Å². The van der Waals surface area contributed by atoms with Crippen LogP contribution < -0.4 is 0 Å². The maximum atomic E-state index is 10.7. The van der Waals surface area contributed by atoms with Crippen molar-refractivity contribution in [2.45, 2.75) is 44.5 Å². The summed E-state index contributed by atoms with van der Waals surface area (Å²) in [5.41, 5.74) is 0. The number of thioether (sulfide) groups is 1. The van der Waals surface area contributed by atoms with E-state index in [-0.39, 0.29) is 11.9 Å². The summed E-state index contributed by atoms with van der Waals surface area (Å²) in [6, 6.07) is 0. The zero-order valence-electron chi connectivity index (χ0n) is 11.2. The minimum absolute atomic E-state index is 0.00290. The van der Waals surface area contributed by atoms with Crippen LogP contribution >= 0.6 is 11.8 Å². The maximum absolute atomic E-state index is 10.7. The summed E-state index contributed by atoms with van der Waals surface area (Å²) in [6.07, 6.45) is 1.96. The lowest BCUT2D eigenvalue weighted by atomic mass is 10.0. The average molecular weight is 285 g/mol. The molecule has 1 aliphatic heterocycles. The molecule has 0 spiro atoms. The van der Waals surface area contributed by atoms with Crippen molar-refractivity contribution < 1.29 is 14.6 Å². The zero-order chi connectivity index (χ0) is 13.8. The largest absolute Gasteiger partial charge is 0.481 e. The number of hydrogen-bond donors (Lipinski definition) is 1. The molecule has 2 heterocycles. The van der Waals surface area contributed by atoms with E-state index in [1.54, 1.807) is 0 Å². The highest BCUT2D eigenvalue weighted by atomic mass is 32.2. The van der Waals surface area contributed by atoms with Crippen LogP contribution in [0.1, 0.15) is 38.6 Å². The minimum atomic E-state index is -0.844. The summed E-state index contributed by atoms with van der Waals surface area (Å²) < 4.78 is 7.73. The molecule has 1 aliphatic rings. The Hall–Kier alpha value is -1.08. The lowest BCUT2D eigenvalue weighted by Crippen LogP contribution is -2.13. The van der Waals surface area contributed by atoms with E-state index in [0.29, 0.717) is 11.1 Å². The lowest BCUT2D eigenvalue weighted by Gasteiger charge is -2.16. The van der Waals surface area contributed by atoms with Gasteiger partial charge in [0.15, 0.2) is 11.0 Å². The Labute approximate surface area is 116 Å². The van der Waals surface area contributed by atoms with Crippen LogP contribution in [0.25, 0.3) is 0 Å². The number of ether oxygens (including phenoxy) is 1. The average Bonchev–Trinajstić information content (AvgIpc) is 2.94. The van der Waals surface area contributed by atoms with Crippen LogP contribution in [0.5, 0.6) is 0 Å². The van der Waals surface area contributed by atoms with E-state index >= 15 is 0 Å². The Morgan fingerprint density at radius 2 is 2.37 bits per heavy atom. The summed E-state index contributed by atoms with van der Waals surface area (Å²) >= 11 is 1.21. The molecule has 2 rings (SSSR count). The Morgan fingerprint density at radius 1 is 1.58 bits per heavy atom. The number of aromatic nitrogens is 3. The quantitative estimate of drug-likeness (QED) is 0.805. The number of hydrogen-bond acceptors (Lipinski definition) is 5. The van der Waals surface area contributed by atoms with Crippen LogP contribution in [-0.4, -0.2) is 38.2 Å². The molecule has 0 amide bonds. The van der Waals surface area contributed by atoms with E-state index in [0.717, 1.165) is 31.8 Å². The minimum Gasteiger partial charge on any atom is -0.481 e. The van der Waals surface area contributed by atoms with Gasteiger partial charge in [-0.05, 0) is 18.8 Å². The molecule has 106 valence electrons. The van der Waals surface area contributed by atoms with Gasteiger partial charge in [-0.3, -0.25) is 4.79 Å². The number of carboxylic acids is 1. The topological polar surface area (TPSA) is 77.2 Å². The second kappa shape index (κ2) is 6.38. The van der Waals surface area contributed by atoms with Crippen LogP contribution in [0.15, 0.2) is 5.16 Å². The van der Waals surface area contributed by atoms with Crippen molar-refractivity contribution in [2.24, 2.45) is 5.92 Å². The highest BCUT2D eigenvalue weighted by molar-refractivity contribution is 7.99. The third-order valence-corrected chi connectivity index (χ3v) is 4.11. The van der Waals surface area contributed by atoms with Gasteiger partial charge in [-0.2, -0.15) is 0 Å². The molecule has 1 fully saturated rings. The maximum Gasteiger partial charge on any atom is 0.313 e. The molecular formula is C12H19N3O3S. The van der Waals surface area contributed by atoms with Gasteiger partial charge in [0.25, 0.3) is 0 Å². The molecule has 1 aromatic heterocycles. The summed E-state index contributed by atoms with van der Waals surface area (Å²) in [7, 11) is 0. The summed E-state index contributed by atoms with van der Waals surface area (Å²) in [5.74, 6) is 0.420. The van der Waals surface area contributed by atoms with Crippen LogP contribution in [0.3, 0.4) is 0 Å². The molecule has 0 saturated carbocycles. The number of carbonyl (C=O) groups is 1. The monoisotopic (exact) mass is 285 g/mol. The highest BCUT2D eigenvalue weighted by Gasteiger charge is 2.31. The summed E-state index contributed by atoms with van der Waals surface area (Å²) in [5, 5.41) is 17.8. The Balaban J connectivity index is 2.20. The van der Waals surface area contributed by atoms with Gasteiger partial charge in [0.2, 0.25) is 0 Å². The summed E-state index contributed by atoms with van der Waals surface area (Å²) in [4.78, 5) is 10.7. The number of nitrogens with zero attached hydrogens (tertiary/aromatic N) is 3. The number of rotatable bonds is 6. The van der Waals surface area contributed by atoms with Crippen molar-refractivity contribution in [1.29, 1.82) is 0 Å². The Morgan fingerprint density at radius 3 is 2.95 bits per heavy atom. The highest BCUT2D eigenvalue weighted by Crippen LogP contribution is 2.34. The van der Waals surface area contributed by atoms with E-state index < -0.39 is 5.97 Å². The fourth-order valence-corrected chi connectivity index (χ4v) is 2.89. The van der Waals surface area contributed by atoms with Gasteiger partial charge in [-0.15, -0.1) is 10.2 Å². The van der Waals surface area contributed by atoms with Crippen LogP contribution in [0.2, 0.25) is 0 Å². The molecule has 1 N–H and O–H groups in total. The molecule has 0 aliphatic carbocycles. The van der Waals surface area contributed by atoms with Crippen molar-refractivity contribution in [3.05, 3.63) is 5.82 Å². The fraction of sp³-hybridized carbons (Fsp3) is 0.750. The first-order valence-electron chi connectivity index (χ1n) is 6.52.